The Morgan fingerprint density at radius 1 is 1.35 bits per heavy atom. The lowest BCUT2D eigenvalue weighted by molar-refractivity contribution is -0.138. The van der Waals surface area contributed by atoms with Crippen molar-refractivity contribution in [2.75, 3.05) is 12.4 Å². The van der Waals surface area contributed by atoms with Crippen molar-refractivity contribution in [1.29, 1.82) is 0 Å². The topological polar surface area (TPSA) is 67.4 Å². The van der Waals surface area contributed by atoms with Crippen LogP contribution in [0.1, 0.15) is 25.0 Å². The lowest BCUT2D eigenvalue weighted by Crippen LogP contribution is -2.49. The first-order valence-corrected chi connectivity index (χ1v) is 8.58. The second kappa shape index (κ2) is 7.55. The van der Waals surface area contributed by atoms with Gasteiger partial charge in [-0.15, -0.1) is 11.8 Å². The number of carbonyl (C=O) groups is 2. The van der Waals surface area contributed by atoms with Crippen LogP contribution in [-0.2, 0) is 9.53 Å². The number of hydrogen-bond acceptors (Lipinski definition) is 4. The number of urea groups is 1. The molecule has 1 aromatic rings. The van der Waals surface area contributed by atoms with E-state index in [1.807, 2.05) is 13.8 Å². The van der Waals surface area contributed by atoms with Gasteiger partial charge in [-0.05, 0) is 39.3 Å². The molecule has 1 aromatic carbocycles. The Morgan fingerprint density at radius 2 is 2.09 bits per heavy atom. The Hall–Kier alpha value is -1.95. The van der Waals surface area contributed by atoms with Crippen molar-refractivity contribution in [3.05, 3.63) is 40.6 Å². The number of hydrogen-bond donors (Lipinski definition) is 2. The molecule has 0 saturated carbocycles. The minimum absolute atomic E-state index is 0.290. The zero-order valence-electron chi connectivity index (χ0n) is 13.9. The van der Waals surface area contributed by atoms with E-state index in [9.17, 15) is 9.59 Å². The molecule has 0 aliphatic carbocycles. The van der Waals surface area contributed by atoms with Crippen molar-refractivity contribution in [1.82, 2.24) is 10.6 Å². The van der Waals surface area contributed by atoms with E-state index < -0.39 is 0 Å². The minimum Gasteiger partial charge on any atom is -0.463 e. The van der Waals surface area contributed by atoms with Crippen LogP contribution >= 0.6 is 11.8 Å². The summed E-state index contributed by atoms with van der Waals surface area (Å²) in [5.41, 5.74) is 3.46. The van der Waals surface area contributed by atoms with Crippen LogP contribution in [-0.4, -0.2) is 30.4 Å². The van der Waals surface area contributed by atoms with Crippen molar-refractivity contribution < 1.29 is 14.3 Å². The van der Waals surface area contributed by atoms with Crippen molar-refractivity contribution in [2.24, 2.45) is 0 Å². The quantitative estimate of drug-likeness (QED) is 0.642. The molecule has 2 N–H and O–H groups in total. The lowest BCUT2D eigenvalue weighted by atomic mass is 10.1. The Balaban J connectivity index is 2.24. The Morgan fingerprint density at radius 3 is 2.78 bits per heavy atom. The van der Waals surface area contributed by atoms with Crippen molar-refractivity contribution >= 4 is 23.8 Å². The zero-order valence-corrected chi connectivity index (χ0v) is 14.7. The fourth-order valence-corrected chi connectivity index (χ4v) is 3.50. The van der Waals surface area contributed by atoms with Gasteiger partial charge in [0.2, 0.25) is 0 Å². The number of benzene rings is 1. The van der Waals surface area contributed by atoms with E-state index in [0.717, 1.165) is 4.90 Å². The number of aryl methyl sites for hydroxylation is 2. The number of nitrogens with one attached hydrogen (secondary N) is 2. The van der Waals surface area contributed by atoms with Crippen LogP contribution in [0.15, 0.2) is 34.4 Å². The molecule has 1 heterocycles. The molecule has 2 amide bonds. The van der Waals surface area contributed by atoms with Gasteiger partial charge in [-0.25, -0.2) is 9.59 Å². The molecular formula is C17H22N2O3S. The van der Waals surface area contributed by atoms with E-state index in [2.05, 4.69) is 28.8 Å². The van der Waals surface area contributed by atoms with E-state index in [1.165, 1.54) is 11.1 Å². The maximum Gasteiger partial charge on any atom is 0.337 e. The highest BCUT2D eigenvalue weighted by molar-refractivity contribution is 7.99. The van der Waals surface area contributed by atoms with E-state index in [0.29, 0.717) is 23.6 Å². The smallest absolute Gasteiger partial charge is 0.337 e. The van der Waals surface area contributed by atoms with Gasteiger partial charge in [0.25, 0.3) is 0 Å². The summed E-state index contributed by atoms with van der Waals surface area (Å²) in [6.45, 7) is 7.95. The first-order valence-electron chi connectivity index (χ1n) is 7.60. The third-order valence-corrected chi connectivity index (χ3v) is 4.76. The zero-order chi connectivity index (χ0) is 17.0. The summed E-state index contributed by atoms with van der Waals surface area (Å²) < 4.78 is 5.11. The molecule has 0 radical (unpaired) electrons. The van der Waals surface area contributed by atoms with Crippen LogP contribution in [0.25, 0.3) is 0 Å². The largest absolute Gasteiger partial charge is 0.463 e. The second-order valence-corrected chi connectivity index (χ2v) is 6.51. The van der Waals surface area contributed by atoms with E-state index in [1.54, 1.807) is 25.6 Å². The van der Waals surface area contributed by atoms with Crippen LogP contribution in [0.4, 0.5) is 4.79 Å². The number of ether oxygens (including phenoxy) is 1. The third kappa shape index (κ3) is 4.28. The summed E-state index contributed by atoms with van der Waals surface area (Å²) in [5, 5.41) is 5.45. The summed E-state index contributed by atoms with van der Waals surface area (Å²) in [5.74, 6) is 0.125. The maximum absolute atomic E-state index is 12.2. The molecule has 1 unspecified atom stereocenters. The van der Waals surface area contributed by atoms with Crippen LogP contribution < -0.4 is 10.6 Å². The fraction of sp³-hybridized carbons (Fsp3) is 0.412. The first-order chi connectivity index (χ1) is 10.9. The monoisotopic (exact) mass is 334 g/mol. The van der Waals surface area contributed by atoms with Gasteiger partial charge in [0.15, 0.2) is 0 Å². The van der Waals surface area contributed by atoms with Crippen molar-refractivity contribution in [3.63, 3.8) is 0 Å². The number of esters is 1. The number of rotatable bonds is 5. The average Bonchev–Trinajstić information content (AvgIpc) is 2.47. The van der Waals surface area contributed by atoms with E-state index in [-0.39, 0.29) is 18.0 Å². The van der Waals surface area contributed by atoms with Gasteiger partial charge in [-0.2, -0.15) is 0 Å². The molecule has 1 aliphatic heterocycles. The predicted octanol–water partition coefficient (Wildman–Crippen LogP) is 2.91. The summed E-state index contributed by atoms with van der Waals surface area (Å²) in [6.07, 6.45) is 0. The van der Waals surface area contributed by atoms with Gasteiger partial charge >= 0.3 is 12.0 Å². The van der Waals surface area contributed by atoms with Crippen LogP contribution in [0.3, 0.4) is 0 Å². The molecule has 2 rings (SSSR count). The molecule has 6 heteroatoms. The second-order valence-electron chi connectivity index (χ2n) is 5.49. The van der Waals surface area contributed by atoms with Crippen LogP contribution in [0.5, 0.6) is 0 Å². The van der Waals surface area contributed by atoms with Crippen molar-refractivity contribution in [2.45, 2.75) is 38.6 Å². The van der Waals surface area contributed by atoms with E-state index in [4.69, 9.17) is 4.74 Å². The molecule has 124 valence electrons. The summed E-state index contributed by atoms with van der Waals surface area (Å²) in [4.78, 5) is 25.0. The highest BCUT2D eigenvalue weighted by Crippen LogP contribution is 2.27. The summed E-state index contributed by atoms with van der Waals surface area (Å²) in [6, 6.07) is 5.59. The molecule has 0 saturated heterocycles. The van der Waals surface area contributed by atoms with E-state index >= 15 is 0 Å². The fourth-order valence-electron chi connectivity index (χ4n) is 2.41. The van der Waals surface area contributed by atoms with Gasteiger partial charge in [0, 0.05) is 16.3 Å². The van der Waals surface area contributed by atoms with Gasteiger partial charge in [0.1, 0.15) is 0 Å². The van der Waals surface area contributed by atoms with Gasteiger partial charge in [0.05, 0.1) is 18.2 Å². The highest BCUT2D eigenvalue weighted by atomic mass is 32.2. The van der Waals surface area contributed by atoms with Gasteiger partial charge < -0.3 is 15.4 Å². The summed E-state index contributed by atoms with van der Waals surface area (Å²) in [7, 11) is 0. The Bertz CT molecular complexity index is 655. The SMILES string of the molecule is CCOC(=O)C1=C(CSc2cc(C)ccc2C)NC(=O)NC1C. The first kappa shape index (κ1) is 17.4. The third-order valence-electron chi connectivity index (χ3n) is 3.58. The number of thioether (sulfide) groups is 1. The molecule has 0 fully saturated rings. The Labute approximate surface area is 140 Å². The van der Waals surface area contributed by atoms with Crippen molar-refractivity contribution in [3.8, 4) is 0 Å². The lowest BCUT2D eigenvalue weighted by Gasteiger charge is -2.26. The average molecular weight is 334 g/mol. The van der Waals surface area contributed by atoms with Crippen LogP contribution in [0.2, 0.25) is 0 Å². The highest BCUT2D eigenvalue weighted by Gasteiger charge is 2.29. The molecule has 0 spiro atoms. The van der Waals surface area contributed by atoms with Gasteiger partial charge in [-0.3, -0.25) is 0 Å². The Kier molecular flexibility index (Phi) is 5.71. The predicted molar refractivity (Wildman–Crippen MR) is 91.4 cm³/mol. The maximum atomic E-state index is 12.2. The number of amides is 2. The van der Waals surface area contributed by atoms with Crippen LogP contribution in [0, 0.1) is 13.8 Å². The number of carbonyl (C=O) groups excluding carboxylic acids is 2. The summed E-state index contributed by atoms with van der Waals surface area (Å²) >= 11 is 1.60. The standard InChI is InChI=1S/C17H22N2O3S/c1-5-22-16(20)15-12(4)18-17(21)19-13(15)9-23-14-8-10(2)6-7-11(14)3/h6-8,12H,5,9H2,1-4H3,(H2,18,19,21). The molecule has 5 nitrogen and oxygen atoms in total. The van der Waals surface area contributed by atoms with Gasteiger partial charge in [-0.1, -0.05) is 17.7 Å². The minimum atomic E-state index is -0.385. The molecule has 1 aliphatic rings. The normalized spacial score (nSPS) is 17.6. The molecular weight excluding hydrogens is 312 g/mol. The molecule has 0 aromatic heterocycles. The molecule has 0 bridgehead atoms. The molecule has 1 atom stereocenters. The molecule has 23 heavy (non-hydrogen) atoms.